The highest BCUT2D eigenvalue weighted by Crippen LogP contribution is 2.10. The van der Waals surface area contributed by atoms with Gasteiger partial charge in [-0.3, -0.25) is 0 Å². The molecule has 1 aromatic heterocycles. The van der Waals surface area contributed by atoms with Crippen LogP contribution < -0.4 is 4.74 Å². The van der Waals surface area contributed by atoms with E-state index in [9.17, 15) is 0 Å². The molecule has 0 saturated carbocycles. The first-order chi connectivity index (χ1) is 6.33. The standard InChI is InChI=1S/C8H11ClN2O2/c1-2-12-3-4-13-8-5-7(9)10-6-11-8/h5-6H,2-4H2,1H3. The molecule has 0 aliphatic carbocycles. The van der Waals surface area contributed by atoms with Crippen molar-refractivity contribution >= 4 is 11.6 Å². The number of nitrogens with zero attached hydrogens (tertiary/aromatic N) is 2. The van der Waals surface area contributed by atoms with Crippen molar-refractivity contribution in [1.82, 2.24) is 9.97 Å². The summed E-state index contributed by atoms with van der Waals surface area (Å²) in [5.74, 6) is 0.472. The molecule has 0 unspecified atom stereocenters. The van der Waals surface area contributed by atoms with Crippen LogP contribution in [-0.4, -0.2) is 29.8 Å². The van der Waals surface area contributed by atoms with Gasteiger partial charge in [0.25, 0.3) is 0 Å². The summed E-state index contributed by atoms with van der Waals surface area (Å²) < 4.78 is 10.3. The molecule has 0 aliphatic rings. The Kier molecular flexibility index (Phi) is 4.49. The molecular formula is C8H11ClN2O2. The average Bonchev–Trinajstić information content (AvgIpc) is 2.13. The van der Waals surface area contributed by atoms with Crippen LogP contribution in [0.4, 0.5) is 0 Å². The Morgan fingerprint density at radius 2 is 2.23 bits per heavy atom. The summed E-state index contributed by atoms with van der Waals surface area (Å²) in [6.45, 7) is 3.65. The number of halogens is 1. The summed E-state index contributed by atoms with van der Waals surface area (Å²) in [6, 6.07) is 1.56. The molecule has 0 atom stereocenters. The lowest BCUT2D eigenvalue weighted by molar-refractivity contribution is 0.108. The van der Waals surface area contributed by atoms with Gasteiger partial charge in [0.15, 0.2) is 0 Å². The molecule has 0 spiro atoms. The minimum atomic E-state index is 0.376. The van der Waals surface area contributed by atoms with Gasteiger partial charge in [-0.25, -0.2) is 9.97 Å². The summed E-state index contributed by atoms with van der Waals surface area (Å²) in [7, 11) is 0. The van der Waals surface area contributed by atoms with Crippen molar-refractivity contribution in [3.05, 3.63) is 17.5 Å². The maximum absolute atomic E-state index is 5.62. The highest BCUT2D eigenvalue weighted by Gasteiger charge is 1.96. The Bertz CT molecular complexity index is 258. The Morgan fingerprint density at radius 3 is 2.92 bits per heavy atom. The van der Waals surface area contributed by atoms with E-state index >= 15 is 0 Å². The molecule has 1 aromatic rings. The van der Waals surface area contributed by atoms with E-state index in [2.05, 4.69) is 9.97 Å². The monoisotopic (exact) mass is 202 g/mol. The number of rotatable bonds is 5. The molecule has 1 heterocycles. The topological polar surface area (TPSA) is 44.2 Å². The van der Waals surface area contributed by atoms with E-state index in [4.69, 9.17) is 21.1 Å². The smallest absolute Gasteiger partial charge is 0.217 e. The van der Waals surface area contributed by atoms with Gasteiger partial charge in [0.1, 0.15) is 18.1 Å². The summed E-state index contributed by atoms with van der Waals surface area (Å²) >= 11 is 5.62. The molecule has 0 aromatic carbocycles. The number of hydrogen-bond acceptors (Lipinski definition) is 4. The minimum Gasteiger partial charge on any atom is -0.475 e. The predicted molar refractivity (Wildman–Crippen MR) is 49.0 cm³/mol. The molecule has 4 nitrogen and oxygen atoms in total. The molecule has 0 amide bonds. The van der Waals surface area contributed by atoms with Crippen LogP contribution in [0.2, 0.25) is 5.15 Å². The van der Waals surface area contributed by atoms with E-state index < -0.39 is 0 Å². The van der Waals surface area contributed by atoms with Crippen molar-refractivity contribution < 1.29 is 9.47 Å². The fraction of sp³-hybridized carbons (Fsp3) is 0.500. The molecule has 1 rings (SSSR count). The van der Waals surface area contributed by atoms with E-state index in [0.717, 1.165) is 0 Å². The fourth-order valence-corrected chi connectivity index (χ4v) is 0.883. The lowest BCUT2D eigenvalue weighted by Gasteiger charge is -2.04. The second-order valence-electron chi connectivity index (χ2n) is 2.22. The van der Waals surface area contributed by atoms with E-state index in [1.807, 2.05) is 6.92 Å². The lowest BCUT2D eigenvalue weighted by Crippen LogP contribution is -2.07. The zero-order valence-corrected chi connectivity index (χ0v) is 8.12. The quantitative estimate of drug-likeness (QED) is 0.537. The first-order valence-electron chi connectivity index (χ1n) is 4.01. The minimum absolute atomic E-state index is 0.376. The van der Waals surface area contributed by atoms with Crippen molar-refractivity contribution in [1.29, 1.82) is 0 Å². The molecular weight excluding hydrogens is 192 g/mol. The van der Waals surface area contributed by atoms with Crippen molar-refractivity contribution in [2.75, 3.05) is 19.8 Å². The van der Waals surface area contributed by atoms with Gasteiger partial charge < -0.3 is 9.47 Å². The van der Waals surface area contributed by atoms with E-state index in [1.165, 1.54) is 6.33 Å². The van der Waals surface area contributed by atoms with Gasteiger partial charge in [-0.15, -0.1) is 0 Å². The molecule has 0 fully saturated rings. The molecule has 72 valence electrons. The van der Waals surface area contributed by atoms with Crippen molar-refractivity contribution in [3.63, 3.8) is 0 Å². The normalized spacial score (nSPS) is 10.0. The Labute approximate surface area is 81.9 Å². The van der Waals surface area contributed by atoms with E-state index in [-0.39, 0.29) is 0 Å². The first kappa shape index (κ1) is 10.2. The van der Waals surface area contributed by atoms with Crippen LogP contribution in [0.15, 0.2) is 12.4 Å². The zero-order valence-electron chi connectivity index (χ0n) is 7.36. The summed E-state index contributed by atoms with van der Waals surface area (Å²) in [5.41, 5.74) is 0. The molecule has 13 heavy (non-hydrogen) atoms. The van der Waals surface area contributed by atoms with Gasteiger partial charge in [0.05, 0.1) is 6.61 Å². The Hall–Kier alpha value is -0.870. The van der Waals surface area contributed by atoms with Crippen LogP contribution >= 0.6 is 11.6 Å². The van der Waals surface area contributed by atoms with E-state index in [1.54, 1.807) is 6.07 Å². The van der Waals surface area contributed by atoms with Crippen LogP contribution in [0.25, 0.3) is 0 Å². The fourth-order valence-electron chi connectivity index (χ4n) is 0.746. The van der Waals surface area contributed by atoms with Gasteiger partial charge in [-0.05, 0) is 6.92 Å². The molecule has 0 radical (unpaired) electrons. The maximum atomic E-state index is 5.62. The zero-order chi connectivity index (χ0) is 9.52. The van der Waals surface area contributed by atoms with Crippen LogP contribution in [0.1, 0.15) is 6.92 Å². The molecule has 0 saturated heterocycles. The third-order valence-corrected chi connectivity index (χ3v) is 1.50. The predicted octanol–water partition coefficient (Wildman–Crippen LogP) is 1.55. The highest BCUT2D eigenvalue weighted by atomic mass is 35.5. The third kappa shape index (κ3) is 4.05. The third-order valence-electron chi connectivity index (χ3n) is 1.29. The first-order valence-corrected chi connectivity index (χ1v) is 4.39. The summed E-state index contributed by atoms with van der Waals surface area (Å²) in [4.78, 5) is 7.59. The number of hydrogen-bond donors (Lipinski definition) is 0. The van der Waals surface area contributed by atoms with Crippen molar-refractivity contribution in [2.45, 2.75) is 6.92 Å². The Balaban J connectivity index is 2.28. The molecule has 0 N–H and O–H groups in total. The summed E-state index contributed by atoms with van der Waals surface area (Å²) in [5, 5.41) is 0.376. The Morgan fingerprint density at radius 1 is 1.38 bits per heavy atom. The van der Waals surface area contributed by atoms with Crippen LogP contribution in [0.3, 0.4) is 0 Å². The van der Waals surface area contributed by atoms with Crippen LogP contribution in [0, 0.1) is 0 Å². The second-order valence-corrected chi connectivity index (χ2v) is 2.61. The van der Waals surface area contributed by atoms with Gasteiger partial charge in [0, 0.05) is 12.7 Å². The van der Waals surface area contributed by atoms with Gasteiger partial charge in [-0.1, -0.05) is 11.6 Å². The van der Waals surface area contributed by atoms with E-state index in [0.29, 0.717) is 30.9 Å². The largest absolute Gasteiger partial charge is 0.475 e. The second kappa shape index (κ2) is 5.72. The van der Waals surface area contributed by atoms with Gasteiger partial charge in [-0.2, -0.15) is 0 Å². The average molecular weight is 203 g/mol. The highest BCUT2D eigenvalue weighted by molar-refractivity contribution is 6.29. The van der Waals surface area contributed by atoms with Crippen molar-refractivity contribution in [3.8, 4) is 5.88 Å². The molecule has 0 aliphatic heterocycles. The van der Waals surface area contributed by atoms with Gasteiger partial charge in [0.2, 0.25) is 5.88 Å². The molecule has 0 bridgehead atoms. The van der Waals surface area contributed by atoms with Gasteiger partial charge >= 0.3 is 0 Å². The number of ether oxygens (including phenoxy) is 2. The van der Waals surface area contributed by atoms with Crippen LogP contribution in [0.5, 0.6) is 5.88 Å². The van der Waals surface area contributed by atoms with Crippen molar-refractivity contribution in [2.24, 2.45) is 0 Å². The molecule has 5 heteroatoms. The SMILES string of the molecule is CCOCCOc1cc(Cl)ncn1. The lowest BCUT2D eigenvalue weighted by atomic mass is 10.6. The summed E-state index contributed by atoms with van der Waals surface area (Å²) in [6.07, 6.45) is 1.36. The van der Waals surface area contributed by atoms with Crippen LogP contribution in [-0.2, 0) is 4.74 Å². The number of aromatic nitrogens is 2. The maximum Gasteiger partial charge on any atom is 0.217 e.